The fourth-order valence-electron chi connectivity index (χ4n) is 1.76. The lowest BCUT2D eigenvalue weighted by Gasteiger charge is -2.19. The van der Waals surface area contributed by atoms with E-state index in [1.165, 1.54) is 0 Å². The molecule has 0 aromatic heterocycles. The lowest BCUT2D eigenvalue weighted by atomic mass is 9.95. The molecule has 6 heteroatoms. The van der Waals surface area contributed by atoms with Gasteiger partial charge >= 0.3 is 5.97 Å². The van der Waals surface area contributed by atoms with Crippen LogP contribution in [0, 0.1) is 5.41 Å². The van der Waals surface area contributed by atoms with Crippen LogP contribution in [0.15, 0.2) is 48.5 Å². The Balaban J connectivity index is 1.97. The SMILES string of the molecule is CC(C)(COc1ccc(C(=O)Nc2ccc(Cl)cc2)cc1)C(=O)O. The van der Waals surface area contributed by atoms with Crippen molar-refractivity contribution < 1.29 is 19.4 Å². The third-order valence-corrected chi connectivity index (χ3v) is 3.65. The van der Waals surface area contributed by atoms with E-state index in [2.05, 4.69) is 5.32 Å². The van der Waals surface area contributed by atoms with Gasteiger partial charge in [-0.05, 0) is 62.4 Å². The van der Waals surface area contributed by atoms with Crippen LogP contribution < -0.4 is 10.1 Å². The highest BCUT2D eigenvalue weighted by molar-refractivity contribution is 6.30. The summed E-state index contributed by atoms with van der Waals surface area (Å²) in [5, 5.41) is 12.4. The maximum atomic E-state index is 12.2. The Bertz CT molecular complexity index is 724. The molecule has 0 aliphatic rings. The van der Waals surface area contributed by atoms with Gasteiger partial charge in [-0.2, -0.15) is 0 Å². The van der Waals surface area contributed by atoms with Crippen LogP contribution in [0.25, 0.3) is 0 Å². The van der Waals surface area contributed by atoms with E-state index >= 15 is 0 Å². The number of carboxylic acid groups (broad SMARTS) is 1. The number of aliphatic carboxylic acids is 1. The Morgan fingerprint density at radius 3 is 2.21 bits per heavy atom. The first-order valence-corrected chi connectivity index (χ1v) is 7.69. The topological polar surface area (TPSA) is 75.6 Å². The van der Waals surface area contributed by atoms with Crippen molar-refractivity contribution in [1.82, 2.24) is 0 Å². The van der Waals surface area contributed by atoms with Crippen LogP contribution in [0.4, 0.5) is 5.69 Å². The van der Waals surface area contributed by atoms with Crippen molar-refractivity contribution in [3.8, 4) is 5.75 Å². The minimum Gasteiger partial charge on any atom is -0.492 e. The number of amides is 1. The van der Waals surface area contributed by atoms with Crippen molar-refractivity contribution in [2.24, 2.45) is 5.41 Å². The largest absolute Gasteiger partial charge is 0.492 e. The Kier molecular flexibility index (Phi) is 5.46. The second-order valence-corrected chi connectivity index (χ2v) is 6.40. The zero-order chi connectivity index (χ0) is 17.7. The summed E-state index contributed by atoms with van der Waals surface area (Å²) in [6.45, 7) is 3.21. The molecule has 5 nitrogen and oxygen atoms in total. The standard InChI is InChI=1S/C18H18ClNO4/c1-18(2,17(22)23)11-24-15-9-3-12(4-10-15)16(21)20-14-7-5-13(19)6-8-14/h3-10H,11H2,1-2H3,(H,20,21)(H,22,23). The lowest BCUT2D eigenvalue weighted by molar-refractivity contribution is -0.148. The van der Waals surface area contributed by atoms with Gasteiger partial charge in [-0.15, -0.1) is 0 Å². The van der Waals surface area contributed by atoms with Gasteiger partial charge < -0.3 is 15.2 Å². The zero-order valence-corrected chi connectivity index (χ0v) is 14.1. The van der Waals surface area contributed by atoms with E-state index in [9.17, 15) is 9.59 Å². The second-order valence-electron chi connectivity index (χ2n) is 5.96. The third kappa shape index (κ3) is 4.73. The summed E-state index contributed by atoms with van der Waals surface area (Å²) >= 11 is 5.80. The van der Waals surface area contributed by atoms with Crippen molar-refractivity contribution in [1.29, 1.82) is 0 Å². The monoisotopic (exact) mass is 347 g/mol. The van der Waals surface area contributed by atoms with E-state index in [-0.39, 0.29) is 12.5 Å². The number of carbonyl (C=O) groups is 2. The molecule has 0 aliphatic carbocycles. The quantitative estimate of drug-likeness (QED) is 0.825. The predicted molar refractivity (Wildman–Crippen MR) is 92.8 cm³/mol. The van der Waals surface area contributed by atoms with Gasteiger partial charge in [0.05, 0.1) is 5.41 Å². The molecule has 2 aromatic carbocycles. The maximum absolute atomic E-state index is 12.2. The van der Waals surface area contributed by atoms with Gasteiger partial charge in [-0.1, -0.05) is 11.6 Å². The van der Waals surface area contributed by atoms with Crippen LogP contribution in [-0.2, 0) is 4.79 Å². The molecule has 0 radical (unpaired) electrons. The van der Waals surface area contributed by atoms with Crippen LogP contribution in [0.3, 0.4) is 0 Å². The molecule has 2 aromatic rings. The van der Waals surface area contributed by atoms with E-state index in [1.807, 2.05) is 0 Å². The molecule has 0 saturated carbocycles. The number of carboxylic acids is 1. The zero-order valence-electron chi connectivity index (χ0n) is 13.4. The molecule has 0 saturated heterocycles. The van der Waals surface area contributed by atoms with Gasteiger partial charge in [0, 0.05) is 16.3 Å². The molecule has 0 fully saturated rings. The molecular weight excluding hydrogens is 330 g/mol. The van der Waals surface area contributed by atoms with Crippen LogP contribution >= 0.6 is 11.6 Å². The number of hydrogen-bond donors (Lipinski definition) is 2. The molecule has 2 N–H and O–H groups in total. The second kappa shape index (κ2) is 7.36. The number of nitrogens with one attached hydrogen (secondary N) is 1. The molecular formula is C18H18ClNO4. The Morgan fingerprint density at radius 2 is 1.67 bits per heavy atom. The van der Waals surface area contributed by atoms with E-state index in [0.29, 0.717) is 22.0 Å². The van der Waals surface area contributed by atoms with Gasteiger partial charge in [-0.3, -0.25) is 9.59 Å². The minimum atomic E-state index is -0.982. The normalized spacial score (nSPS) is 11.0. The van der Waals surface area contributed by atoms with Crippen LogP contribution in [0.5, 0.6) is 5.75 Å². The predicted octanol–water partition coefficient (Wildman–Crippen LogP) is 4.08. The smallest absolute Gasteiger partial charge is 0.312 e. The Labute approximate surface area is 145 Å². The molecule has 24 heavy (non-hydrogen) atoms. The number of ether oxygens (including phenoxy) is 1. The third-order valence-electron chi connectivity index (χ3n) is 3.40. The van der Waals surface area contributed by atoms with Gasteiger partial charge in [0.15, 0.2) is 0 Å². The summed E-state index contributed by atoms with van der Waals surface area (Å²) in [5.74, 6) is -0.677. The number of rotatable bonds is 6. The number of carbonyl (C=O) groups excluding carboxylic acids is 1. The van der Waals surface area contributed by atoms with E-state index in [1.54, 1.807) is 62.4 Å². The molecule has 0 spiro atoms. The first-order valence-electron chi connectivity index (χ1n) is 7.31. The van der Waals surface area contributed by atoms with Crippen molar-refractivity contribution in [3.05, 3.63) is 59.1 Å². The van der Waals surface area contributed by atoms with Crippen LogP contribution in [-0.4, -0.2) is 23.6 Å². The summed E-state index contributed by atoms with van der Waals surface area (Å²) in [7, 11) is 0. The fraction of sp³-hybridized carbons (Fsp3) is 0.222. The molecule has 0 atom stereocenters. The summed E-state index contributed by atoms with van der Waals surface area (Å²) in [5.41, 5.74) is 0.132. The van der Waals surface area contributed by atoms with Crippen molar-refractivity contribution >= 4 is 29.2 Å². The number of hydrogen-bond acceptors (Lipinski definition) is 3. The Hall–Kier alpha value is -2.53. The van der Waals surface area contributed by atoms with Crippen molar-refractivity contribution in [3.63, 3.8) is 0 Å². The average Bonchev–Trinajstić information content (AvgIpc) is 2.55. The average molecular weight is 348 g/mol. The van der Waals surface area contributed by atoms with Crippen LogP contribution in [0.2, 0.25) is 5.02 Å². The van der Waals surface area contributed by atoms with Crippen molar-refractivity contribution in [2.45, 2.75) is 13.8 Å². The minimum absolute atomic E-state index is 0.0403. The summed E-state index contributed by atoms with van der Waals surface area (Å²) in [6.07, 6.45) is 0. The fourth-order valence-corrected chi connectivity index (χ4v) is 1.89. The van der Waals surface area contributed by atoms with Gasteiger partial charge in [-0.25, -0.2) is 0 Å². The highest BCUT2D eigenvalue weighted by Crippen LogP contribution is 2.20. The van der Waals surface area contributed by atoms with E-state index in [0.717, 1.165) is 0 Å². The molecule has 2 rings (SSSR count). The Morgan fingerprint density at radius 1 is 1.08 bits per heavy atom. The highest BCUT2D eigenvalue weighted by atomic mass is 35.5. The lowest BCUT2D eigenvalue weighted by Crippen LogP contribution is -2.30. The van der Waals surface area contributed by atoms with Gasteiger partial charge in [0.1, 0.15) is 12.4 Å². The maximum Gasteiger partial charge on any atom is 0.312 e. The first kappa shape index (κ1) is 17.8. The van der Waals surface area contributed by atoms with Crippen LogP contribution in [0.1, 0.15) is 24.2 Å². The summed E-state index contributed by atoms with van der Waals surface area (Å²) in [4.78, 5) is 23.2. The number of halogens is 1. The van der Waals surface area contributed by atoms with Gasteiger partial charge in [0.2, 0.25) is 0 Å². The highest BCUT2D eigenvalue weighted by Gasteiger charge is 2.28. The molecule has 1 amide bonds. The number of anilines is 1. The summed E-state index contributed by atoms with van der Waals surface area (Å²) in [6, 6.07) is 13.3. The summed E-state index contributed by atoms with van der Waals surface area (Å²) < 4.78 is 5.47. The molecule has 0 aliphatic heterocycles. The number of benzene rings is 2. The molecule has 126 valence electrons. The van der Waals surface area contributed by atoms with Crippen molar-refractivity contribution in [2.75, 3.05) is 11.9 Å². The van der Waals surface area contributed by atoms with Gasteiger partial charge in [0.25, 0.3) is 5.91 Å². The first-order chi connectivity index (χ1) is 11.3. The van der Waals surface area contributed by atoms with E-state index < -0.39 is 11.4 Å². The molecule has 0 heterocycles. The van der Waals surface area contributed by atoms with E-state index in [4.69, 9.17) is 21.4 Å². The molecule has 0 unspecified atom stereocenters. The molecule has 0 bridgehead atoms.